The number of hydrogen-bond donors (Lipinski definition) is 3. The van der Waals surface area contributed by atoms with E-state index in [0.717, 1.165) is 5.56 Å². The lowest BCUT2D eigenvalue weighted by molar-refractivity contribution is 0.165. The molecule has 2 saturated heterocycles. The van der Waals surface area contributed by atoms with E-state index >= 15 is 8.42 Å². The summed E-state index contributed by atoms with van der Waals surface area (Å²) < 4.78 is 83.9. The molecule has 2 aliphatic rings. The molecule has 19 nitrogen and oxygen atoms in total. The third-order valence-electron chi connectivity index (χ3n) is 10.8. The Kier molecular flexibility index (Phi) is 14.3. The molecule has 336 valence electrons. The van der Waals surface area contributed by atoms with Crippen LogP contribution in [0, 0.1) is 0 Å². The largest absolute Gasteiger partial charge is 0.497 e. The number of benzene rings is 4. The third-order valence-corrected chi connectivity index (χ3v) is 13.5. The highest BCUT2D eigenvalue weighted by atomic mass is 32.2. The summed E-state index contributed by atoms with van der Waals surface area (Å²) in [6.07, 6.45) is 0.786. The smallest absolute Gasteiger partial charge is 0.426 e. The van der Waals surface area contributed by atoms with E-state index in [4.69, 9.17) is 23.5 Å². The third kappa shape index (κ3) is 11.0. The average Bonchev–Trinajstić information content (AvgIpc) is 3.95. The van der Waals surface area contributed by atoms with Crippen LogP contribution in [-0.2, 0) is 44.1 Å². The van der Waals surface area contributed by atoms with Crippen molar-refractivity contribution in [1.82, 2.24) is 34.7 Å². The molecular formula is C42H51N9O10S2. The zero-order chi connectivity index (χ0) is 44.6. The minimum atomic E-state index is -4.98. The van der Waals surface area contributed by atoms with Crippen molar-refractivity contribution in [2.24, 2.45) is 0 Å². The normalized spacial score (nSPS) is 15.9. The van der Waals surface area contributed by atoms with Crippen LogP contribution >= 0.6 is 0 Å². The Morgan fingerprint density at radius 2 is 1.37 bits per heavy atom. The molecular weight excluding hydrogens is 855 g/mol. The summed E-state index contributed by atoms with van der Waals surface area (Å²) in [6.45, 7) is 1.55. The van der Waals surface area contributed by atoms with E-state index in [-0.39, 0.29) is 43.7 Å². The van der Waals surface area contributed by atoms with Gasteiger partial charge < -0.3 is 38.6 Å². The number of aliphatic hydroxyl groups excluding tert-OH is 1. The van der Waals surface area contributed by atoms with Crippen molar-refractivity contribution in [3.05, 3.63) is 102 Å². The molecule has 63 heavy (non-hydrogen) atoms. The molecule has 0 radical (unpaired) electrons. The summed E-state index contributed by atoms with van der Waals surface area (Å²) in [5.41, 5.74) is 1.91. The van der Waals surface area contributed by atoms with Gasteiger partial charge in [0.15, 0.2) is 0 Å². The Balaban J connectivity index is 1.42. The van der Waals surface area contributed by atoms with E-state index in [1.807, 2.05) is 17.0 Å². The molecule has 21 heteroatoms. The molecule has 1 unspecified atom stereocenters. The second kappa shape index (κ2) is 20.0. The maximum Gasteiger partial charge on any atom is 0.426 e. The van der Waals surface area contributed by atoms with Crippen molar-refractivity contribution >= 4 is 37.8 Å². The van der Waals surface area contributed by atoms with E-state index in [1.54, 1.807) is 73.8 Å². The van der Waals surface area contributed by atoms with E-state index in [0.29, 0.717) is 86.0 Å². The van der Waals surface area contributed by atoms with E-state index in [1.165, 1.54) is 34.3 Å². The number of carbonyl (C=O) groups is 1. The summed E-state index contributed by atoms with van der Waals surface area (Å²) >= 11 is 0. The predicted octanol–water partition coefficient (Wildman–Crippen LogP) is 3.86. The van der Waals surface area contributed by atoms with Gasteiger partial charge in [-0.2, -0.15) is 17.5 Å². The van der Waals surface area contributed by atoms with E-state index in [9.17, 15) is 18.3 Å². The van der Waals surface area contributed by atoms with Gasteiger partial charge in [0.2, 0.25) is 15.8 Å². The number of nitrogens with one attached hydrogen (secondary N) is 2. The summed E-state index contributed by atoms with van der Waals surface area (Å²) in [7, 11) is -5.18. The number of tetrazole rings is 1. The van der Waals surface area contributed by atoms with Crippen LogP contribution in [0.25, 0.3) is 11.4 Å². The molecule has 3 N–H and O–H groups in total. The van der Waals surface area contributed by atoms with E-state index in [2.05, 4.69) is 20.4 Å². The molecule has 1 aromatic heterocycles. The van der Waals surface area contributed by atoms with Gasteiger partial charge in [-0.1, -0.05) is 36.4 Å². The molecule has 1 atom stereocenters. The number of aliphatic hydroxyl groups is 1. The van der Waals surface area contributed by atoms with Crippen LogP contribution in [0.1, 0.15) is 36.0 Å². The van der Waals surface area contributed by atoms with Crippen LogP contribution in [0.3, 0.4) is 0 Å². The highest BCUT2D eigenvalue weighted by Gasteiger charge is 2.37. The summed E-state index contributed by atoms with van der Waals surface area (Å²) in [5.74, 6) is 1.67. The van der Waals surface area contributed by atoms with Gasteiger partial charge in [-0.3, -0.25) is 0 Å². The molecule has 0 bridgehead atoms. The van der Waals surface area contributed by atoms with Crippen molar-refractivity contribution in [1.29, 1.82) is 0 Å². The van der Waals surface area contributed by atoms with Crippen LogP contribution < -0.4 is 29.1 Å². The van der Waals surface area contributed by atoms with Gasteiger partial charge in [0.25, 0.3) is 0 Å². The van der Waals surface area contributed by atoms with Gasteiger partial charge in [-0.15, -0.1) is 10.2 Å². The van der Waals surface area contributed by atoms with Crippen LogP contribution in [-0.4, -0.2) is 124 Å². The standard InChI is InChI=1S/C42H51N9O10S2/c1-58-34-12-6-30(7-13-34)26-50(27-31-8-14-35(59-2)15-9-31)62(54,55)40-37(46-63(56,57)61-42(53)49-22-4-5-23-49)18-19-38(48-24-20-33(29-52)43-21-25-48)39(40)41-44-47-51(45-41)28-32-10-16-36(60-3)17-11-32/h6-19,33,43,46,52H,4-5,20-29H2,1-3H3. The molecule has 2 fully saturated rings. The van der Waals surface area contributed by atoms with Crippen LogP contribution in [0.5, 0.6) is 17.2 Å². The predicted molar refractivity (Wildman–Crippen MR) is 233 cm³/mol. The number of carbonyl (C=O) groups excluding carboxylic acids is 1. The van der Waals surface area contributed by atoms with Gasteiger partial charge in [-0.05, 0) is 89.7 Å². The second-order valence-electron chi connectivity index (χ2n) is 15.0. The number of methoxy groups -OCH3 is 3. The lowest BCUT2D eigenvalue weighted by Crippen LogP contribution is -2.34. The maximum absolute atomic E-state index is 15.8. The maximum atomic E-state index is 15.8. The number of ether oxygens (including phenoxy) is 3. The number of sulfonamides is 1. The first kappa shape index (κ1) is 45.0. The number of aromatic nitrogens is 4. The number of likely N-dealkylation sites (tertiary alicyclic amines) is 1. The Bertz CT molecular complexity index is 2500. The van der Waals surface area contributed by atoms with Crippen LogP contribution in [0.4, 0.5) is 16.2 Å². The highest BCUT2D eigenvalue weighted by molar-refractivity contribution is 7.90. The van der Waals surface area contributed by atoms with E-state index < -0.39 is 37.0 Å². The number of anilines is 2. The first-order valence-electron chi connectivity index (χ1n) is 20.3. The van der Waals surface area contributed by atoms with Crippen molar-refractivity contribution in [3.63, 3.8) is 0 Å². The minimum absolute atomic E-state index is 0.0426. The first-order chi connectivity index (χ1) is 30.4. The van der Waals surface area contributed by atoms with Crippen LogP contribution in [0.15, 0.2) is 89.8 Å². The van der Waals surface area contributed by atoms with Gasteiger partial charge in [0.05, 0.1) is 45.7 Å². The summed E-state index contributed by atoms with van der Waals surface area (Å²) in [4.78, 5) is 17.1. The Labute approximate surface area is 366 Å². The fourth-order valence-electron chi connectivity index (χ4n) is 7.46. The van der Waals surface area contributed by atoms with Crippen molar-refractivity contribution in [2.75, 3.05) is 70.3 Å². The number of nitrogens with zero attached hydrogens (tertiary/aromatic N) is 7. The number of rotatable bonds is 17. The molecule has 4 aromatic carbocycles. The molecule has 3 heterocycles. The molecule has 2 aliphatic heterocycles. The molecule has 1 amide bonds. The molecule has 0 spiro atoms. The van der Waals surface area contributed by atoms with Crippen LogP contribution in [0.2, 0.25) is 0 Å². The van der Waals surface area contributed by atoms with Gasteiger partial charge in [-0.25, -0.2) is 17.9 Å². The summed E-state index contributed by atoms with van der Waals surface area (Å²) in [5, 5.41) is 26.8. The molecule has 0 saturated carbocycles. The zero-order valence-electron chi connectivity index (χ0n) is 35.2. The van der Waals surface area contributed by atoms with Crippen molar-refractivity contribution in [3.8, 4) is 28.6 Å². The average molecular weight is 906 g/mol. The van der Waals surface area contributed by atoms with Crippen molar-refractivity contribution < 1.29 is 45.1 Å². The highest BCUT2D eigenvalue weighted by Crippen LogP contribution is 2.42. The van der Waals surface area contributed by atoms with Gasteiger partial charge in [0.1, 0.15) is 22.1 Å². The Hall–Kier alpha value is -6.00. The first-order valence-corrected chi connectivity index (χ1v) is 23.2. The molecule has 5 aromatic rings. The fraction of sp³-hybridized carbons (Fsp3) is 0.381. The second-order valence-corrected chi connectivity index (χ2v) is 18.2. The Morgan fingerprint density at radius 3 is 1.92 bits per heavy atom. The molecule has 0 aliphatic carbocycles. The fourth-order valence-corrected chi connectivity index (χ4v) is 10.0. The zero-order valence-corrected chi connectivity index (χ0v) is 36.8. The lowest BCUT2D eigenvalue weighted by atomic mass is 10.1. The number of hydrogen-bond acceptors (Lipinski definition) is 15. The monoisotopic (exact) mass is 905 g/mol. The van der Waals surface area contributed by atoms with Gasteiger partial charge in [0, 0.05) is 57.5 Å². The quantitative estimate of drug-likeness (QED) is 0.121. The van der Waals surface area contributed by atoms with Gasteiger partial charge >= 0.3 is 16.4 Å². The molecule has 7 rings (SSSR count). The Morgan fingerprint density at radius 1 is 0.794 bits per heavy atom. The SMILES string of the molecule is COc1ccc(CN(Cc2ccc(OC)cc2)S(=O)(=O)c2c(NS(=O)(=O)OC(=O)N3CCCC3)ccc(N3CCNC(CO)CC3)c2-c2nnn(Cc3ccc(OC)cc3)n2)cc1. The lowest BCUT2D eigenvalue weighted by Gasteiger charge is -2.29. The van der Waals surface area contributed by atoms with Crippen molar-refractivity contribution in [2.45, 2.75) is 49.8 Å². The number of amides is 1. The minimum Gasteiger partial charge on any atom is -0.497 e. The summed E-state index contributed by atoms with van der Waals surface area (Å²) in [6, 6.07) is 23.7. The topological polar surface area (TPSA) is 220 Å².